The lowest BCUT2D eigenvalue weighted by atomic mass is 9.95. The molecule has 198 valence electrons. The van der Waals surface area contributed by atoms with Gasteiger partial charge in [0.25, 0.3) is 11.5 Å². The van der Waals surface area contributed by atoms with Crippen molar-refractivity contribution in [1.82, 2.24) is 4.57 Å². The fourth-order valence-corrected chi connectivity index (χ4v) is 5.63. The van der Waals surface area contributed by atoms with Crippen molar-refractivity contribution >= 4 is 34.7 Å². The van der Waals surface area contributed by atoms with Gasteiger partial charge in [-0.2, -0.15) is 0 Å². The van der Waals surface area contributed by atoms with Crippen LogP contribution < -0.4 is 29.8 Å². The van der Waals surface area contributed by atoms with E-state index in [0.29, 0.717) is 32.9 Å². The largest absolute Gasteiger partial charge is 0.494 e. The summed E-state index contributed by atoms with van der Waals surface area (Å²) in [4.78, 5) is 34.8. The van der Waals surface area contributed by atoms with Gasteiger partial charge in [0.1, 0.15) is 5.75 Å². The van der Waals surface area contributed by atoms with E-state index in [1.54, 1.807) is 4.57 Å². The molecule has 3 aromatic carbocycles. The number of amides is 1. The van der Waals surface area contributed by atoms with Crippen LogP contribution in [0.4, 0.5) is 11.4 Å². The Bertz CT molecular complexity index is 1700. The molecule has 0 spiro atoms. The zero-order valence-electron chi connectivity index (χ0n) is 22.3. The van der Waals surface area contributed by atoms with E-state index in [4.69, 9.17) is 9.73 Å². The molecule has 4 aromatic rings. The van der Waals surface area contributed by atoms with E-state index in [1.807, 2.05) is 118 Å². The van der Waals surface area contributed by atoms with Crippen LogP contribution in [0.3, 0.4) is 0 Å². The highest BCUT2D eigenvalue weighted by atomic mass is 32.1. The highest BCUT2D eigenvalue weighted by molar-refractivity contribution is 7.07. The van der Waals surface area contributed by atoms with E-state index in [1.165, 1.54) is 11.3 Å². The number of aromatic nitrogens is 1. The molecule has 0 saturated carbocycles. The van der Waals surface area contributed by atoms with Crippen LogP contribution in [0.25, 0.3) is 6.08 Å². The molecule has 1 N–H and O–H groups in total. The van der Waals surface area contributed by atoms with Gasteiger partial charge in [-0.15, -0.1) is 0 Å². The molecule has 1 atom stereocenters. The van der Waals surface area contributed by atoms with Gasteiger partial charge in [-0.3, -0.25) is 14.2 Å². The quantitative estimate of drug-likeness (QED) is 0.380. The van der Waals surface area contributed by atoms with Gasteiger partial charge in [-0.25, -0.2) is 4.99 Å². The number of fused-ring (bicyclic) bond motifs is 1. The van der Waals surface area contributed by atoms with Crippen molar-refractivity contribution in [2.24, 2.45) is 4.99 Å². The van der Waals surface area contributed by atoms with Gasteiger partial charge < -0.3 is 15.0 Å². The van der Waals surface area contributed by atoms with Crippen LogP contribution in [-0.4, -0.2) is 31.2 Å². The van der Waals surface area contributed by atoms with Gasteiger partial charge >= 0.3 is 0 Å². The molecule has 7 nitrogen and oxygen atoms in total. The van der Waals surface area contributed by atoms with E-state index in [2.05, 4.69) is 5.32 Å². The minimum atomic E-state index is -0.640. The number of benzene rings is 3. The van der Waals surface area contributed by atoms with Crippen LogP contribution in [0, 0.1) is 0 Å². The first-order chi connectivity index (χ1) is 18.9. The average molecular weight is 539 g/mol. The number of hydrogen-bond donors (Lipinski definition) is 1. The minimum absolute atomic E-state index is 0.188. The third kappa shape index (κ3) is 5.42. The Hall–Kier alpha value is -4.43. The van der Waals surface area contributed by atoms with Crippen molar-refractivity contribution in [1.29, 1.82) is 0 Å². The van der Waals surface area contributed by atoms with Crippen LogP contribution in [0.1, 0.15) is 31.0 Å². The number of anilines is 2. The molecule has 39 heavy (non-hydrogen) atoms. The molecule has 0 saturated heterocycles. The Labute approximate surface area is 231 Å². The second kappa shape index (κ2) is 11.1. The number of nitrogens with one attached hydrogen (secondary N) is 1. The zero-order valence-corrected chi connectivity index (χ0v) is 23.2. The first-order valence-corrected chi connectivity index (χ1v) is 13.6. The lowest BCUT2D eigenvalue weighted by molar-refractivity contribution is -0.113. The molecule has 1 amide bonds. The van der Waals surface area contributed by atoms with Gasteiger partial charge in [0, 0.05) is 25.5 Å². The SMILES string of the molecule is CCOc1ccc([C@H]2C(C(=O)Nc3ccccc3)=C(C)N=c3s/c(=C\c4ccc(N(C)C)cc4)c(=O)n32)cc1. The Morgan fingerprint density at radius 2 is 1.74 bits per heavy atom. The van der Waals surface area contributed by atoms with Crippen molar-refractivity contribution < 1.29 is 9.53 Å². The molecular weight excluding hydrogens is 508 g/mol. The molecular formula is C31H30N4O3S. The average Bonchev–Trinajstić information content (AvgIpc) is 3.23. The summed E-state index contributed by atoms with van der Waals surface area (Å²) in [5.74, 6) is 0.431. The maximum absolute atomic E-state index is 13.9. The number of rotatable bonds is 7. The predicted molar refractivity (Wildman–Crippen MR) is 157 cm³/mol. The third-order valence-corrected chi connectivity index (χ3v) is 7.49. The van der Waals surface area contributed by atoms with Gasteiger partial charge in [-0.05, 0) is 67.4 Å². The van der Waals surface area contributed by atoms with Crippen LogP contribution in [0.2, 0.25) is 0 Å². The number of carbonyl (C=O) groups excluding carboxylic acids is 1. The van der Waals surface area contributed by atoms with Gasteiger partial charge in [0.05, 0.1) is 28.5 Å². The number of nitrogens with zero attached hydrogens (tertiary/aromatic N) is 3. The van der Waals surface area contributed by atoms with E-state index in [-0.39, 0.29) is 11.5 Å². The summed E-state index contributed by atoms with van der Waals surface area (Å²) in [6.07, 6.45) is 1.88. The summed E-state index contributed by atoms with van der Waals surface area (Å²) in [5.41, 5.74) is 4.28. The smallest absolute Gasteiger partial charge is 0.271 e. The molecule has 8 heteroatoms. The standard InChI is InChI=1S/C31H30N4O3S/c1-5-38-25-17-13-22(14-18-25)28-27(29(36)33-23-9-7-6-8-10-23)20(2)32-31-35(28)30(37)26(39-31)19-21-11-15-24(16-12-21)34(3)4/h6-19,28H,5H2,1-4H3,(H,33,36)/b26-19-/t28-/m0/s1. The lowest BCUT2D eigenvalue weighted by Gasteiger charge is -2.25. The van der Waals surface area contributed by atoms with Gasteiger partial charge in [0.2, 0.25) is 0 Å². The number of para-hydroxylation sites is 1. The zero-order chi connectivity index (χ0) is 27.5. The maximum Gasteiger partial charge on any atom is 0.271 e. The molecule has 0 aliphatic carbocycles. The molecule has 1 aliphatic rings. The molecule has 0 unspecified atom stereocenters. The van der Waals surface area contributed by atoms with E-state index < -0.39 is 6.04 Å². The van der Waals surface area contributed by atoms with Crippen LogP contribution >= 0.6 is 11.3 Å². The van der Waals surface area contributed by atoms with Crippen LogP contribution in [0.5, 0.6) is 5.75 Å². The second-order valence-electron chi connectivity index (χ2n) is 9.39. The maximum atomic E-state index is 13.9. The number of ether oxygens (including phenoxy) is 1. The summed E-state index contributed by atoms with van der Waals surface area (Å²) in [6, 6.07) is 24.2. The molecule has 2 heterocycles. The van der Waals surface area contributed by atoms with E-state index >= 15 is 0 Å². The highest BCUT2D eigenvalue weighted by Gasteiger charge is 2.32. The van der Waals surface area contributed by atoms with Crippen molar-refractivity contribution in [3.63, 3.8) is 0 Å². The van der Waals surface area contributed by atoms with E-state index in [9.17, 15) is 9.59 Å². The van der Waals surface area contributed by atoms with Crippen molar-refractivity contribution in [2.75, 3.05) is 30.9 Å². The van der Waals surface area contributed by atoms with Crippen molar-refractivity contribution in [2.45, 2.75) is 19.9 Å². The minimum Gasteiger partial charge on any atom is -0.494 e. The number of hydrogen-bond acceptors (Lipinski definition) is 6. The lowest BCUT2D eigenvalue weighted by Crippen LogP contribution is -2.40. The fourth-order valence-electron chi connectivity index (χ4n) is 4.58. The summed E-state index contributed by atoms with van der Waals surface area (Å²) >= 11 is 1.33. The molecule has 0 fully saturated rings. The Morgan fingerprint density at radius 3 is 2.38 bits per heavy atom. The summed E-state index contributed by atoms with van der Waals surface area (Å²) in [6.45, 7) is 4.30. The fraction of sp³-hybridized carbons (Fsp3) is 0.194. The molecule has 1 aromatic heterocycles. The number of allylic oxidation sites excluding steroid dienone is 1. The topological polar surface area (TPSA) is 75.9 Å². The van der Waals surface area contributed by atoms with Crippen LogP contribution in [0.15, 0.2) is 99.9 Å². The molecule has 1 aliphatic heterocycles. The third-order valence-electron chi connectivity index (χ3n) is 6.51. The molecule has 0 bridgehead atoms. The Balaban J connectivity index is 1.63. The van der Waals surface area contributed by atoms with Crippen molar-refractivity contribution in [3.05, 3.63) is 121 Å². The van der Waals surface area contributed by atoms with Gasteiger partial charge in [0.15, 0.2) is 4.80 Å². The van der Waals surface area contributed by atoms with E-state index in [0.717, 1.165) is 22.6 Å². The van der Waals surface area contributed by atoms with Crippen molar-refractivity contribution in [3.8, 4) is 5.75 Å². The first kappa shape index (κ1) is 26.2. The normalized spacial score (nSPS) is 15.0. The monoisotopic (exact) mass is 538 g/mol. The highest BCUT2D eigenvalue weighted by Crippen LogP contribution is 2.31. The molecule has 5 rings (SSSR count). The second-order valence-corrected chi connectivity index (χ2v) is 10.4. The number of thiazole rings is 1. The summed E-state index contributed by atoms with van der Waals surface area (Å²) < 4.78 is 7.81. The Morgan fingerprint density at radius 1 is 1.05 bits per heavy atom. The Kier molecular flexibility index (Phi) is 7.47. The van der Waals surface area contributed by atoms with Crippen LogP contribution in [-0.2, 0) is 4.79 Å². The van der Waals surface area contributed by atoms with Gasteiger partial charge in [-0.1, -0.05) is 53.8 Å². The summed E-state index contributed by atoms with van der Waals surface area (Å²) in [5, 5.41) is 2.98. The first-order valence-electron chi connectivity index (χ1n) is 12.7. The predicted octanol–water partition coefficient (Wildman–Crippen LogP) is 4.34. The number of carbonyl (C=O) groups is 1. The summed E-state index contributed by atoms with van der Waals surface area (Å²) in [7, 11) is 3.98. The molecule has 0 radical (unpaired) electrons.